The summed E-state index contributed by atoms with van der Waals surface area (Å²) < 4.78 is 11.6. The molecule has 6 nitrogen and oxygen atoms in total. The van der Waals surface area contributed by atoms with Crippen LogP contribution in [0.25, 0.3) is 0 Å². The zero-order chi connectivity index (χ0) is 27.6. The highest BCUT2D eigenvalue weighted by molar-refractivity contribution is 5.85. The predicted octanol–water partition coefficient (Wildman–Crippen LogP) is 6.63. The molecule has 0 fully saturated rings. The molecule has 204 valence electrons. The Balaban J connectivity index is 2.19. The van der Waals surface area contributed by atoms with Gasteiger partial charge in [0.15, 0.2) is 12.4 Å². The number of carbonyl (C=O) groups is 2. The van der Waals surface area contributed by atoms with Crippen molar-refractivity contribution >= 4 is 11.7 Å². The van der Waals surface area contributed by atoms with E-state index in [4.69, 9.17) is 14.3 Å². The number of benzene rings is 2. The number of Topliss-reactive ketones (excluding diaryl/α,β-unsaturated/α-hetero) is 1. The summed E-state index contributed by atoms with van der Waals surface area (Å²) in [6.07, 6.45) is 3.74. The van der Waals surface area contributed by atoms with Crippen molar-refractivity contribution < 1.29 is 23.9 Å². The standard InChI is InChI=1S/C31H45NO5/c1-9-12-17-37-32-29(34)21-36-27-16-14-25(19-23(27)5)31(10-2,11-3)24-13-15-26(22(4)18-24)35-20-28(33)30(6,7)8/h13-16,18-19H,9-12,17,20-21H2,1-8H3,(H,32,34). The maximum Gasteiger partial charge on any atom is 0.281 e. The van der Waals surface area contributed by atoms with Crippen LogP contribution in [0, 0.1) is 19.3 Å². The van der Waals surface area contributed by atoms with Crippen molar-refractivity contribution in [1.82, 2.24) is 5.48 Å². The van der Waals surface area contributed by atoms with Gasteiger partial charge in [-0.05, 0) is 67.5 Å². The van der Waals surface area contributed by atoms with E-state index >= 15 is 0 Å². The van der Waals surface area contributed by atoms with E-state index in [0.29, 0.717) is 12.4 Å². The summed E-state index contributed by atoms with van der Waals surface area (Å²) in [6, 6.07) is 12.4. The van der Waals surface area contributed by atoms with Gasteiger partial charge >= 0.3 is 0 Å². The second-order valence-corrected chi connectivity index (χ2v) is 10.7. The van der Waals surface area contributed by atoms with Gasteiger partial charge in [-0.15, -0.1) is 0 Å². The van der Waals surface area contributed by atoms with Crippen LogP contribution in [-0.2, 0) is 19.8 Å². The Morgan fingerprint density at radius 1 is 0.811 bits per heavy atom. The number of hydrogen-bond acceptors (Lipinski definition) is 5. The number of nitrogens with one attached hydrogen (secondary N) is 1. The Bertz CT molecular complexity index is 1050. The lowest BCUT2D eigenvalue weighted by atomic mass is 9.70. The molecule has 0 saturated carbocycles. The van der Waals surface area contributed by atoms with Crippen LogP contribution in [0.15, 0.2) is 36.4 Å². The molecule has 0 unspecified atom stereocenters. The number of hydrogen-bond donors (Lipinski definition) is 1. The number of unbranched alkanes of at least 4 members (excludes halogenated alkanes) is 1. The van der Waals surface area contributed by atoms with E-state index in [9.17, 15) is 9.59 Å². The van der Waals surface area contributed by atoms with Crippen LogP contribution in [-0.4, -0.2) is 31.5 Å². The first-order valence-corrected chi connectivity index (χ1v) is 13.4. The Hall–Kier alpha value is -2.86. The summed E-state index contributed by atoms with van der Waals surface area (Å²) in [7, 11) is 0. The van der Waals surface area contributed by atoms with E-state index in [2.05, 4.69) is 50.5 Å². The van der Waals surface area contributed by atoms with E-state index < -0.39 is 5.41 Å². The minimum atomic E-state index is -0.423. The highest BCUT2D eigenvalue weighted by Crippen LogP contribution is 2.41. The first-order valence-electron chi connectivity index (χ1n) is 13.4. The summed E-state index contributed by atoms with van der Waals surface area (Å²) in [5.41, 5.74) is 6.21. The first-order chi connectivity index (χ1) is 17.5. The van der Waals surface area contributed by atoms with Crippen LogP contribution in [0.1, 0.15) is 89.5 Å². The largest absolute Gasteiger partial charge is 0.486 e. The lowest BCUT2D eigenvalue weighted by Gasteiger charge is -2.34. The van der Waals surface area contributed by atoms with Gasteiger partial charge in [0.2, 0.25) is 0 Å². The van der Waals surface area contributed by atoms with E-state index in [1.165, 1.54) is 11.1 Å². The van der Waals surface area contributed by atoms with Crippen LogP contribution < -0.4 is 15.0 Å². The Labute approximate surface area is 223 Å². The van der Waals surface area contributed by atoms with Crippen molar-refractivity contribution in [2.24, 2.45) is 5.41 Å². The Morgan fingerprint density at radius 2 is 1.32 bits per heavy atom. The topological polar surface area (TPSA) is 73.9 Å². The van der Waals surface area contributed by atoms with Gasteiger partial charge in [-0.3, -0.25) is 14.4 Å². The molecular formula is C31H45NO5. The second-order valence-electron chi connectivity index (χ2n) is 10.7. The van der Waals surface area contributed by atoms with Crippen molar-refractivity contribution in [3.05, 3.63) is 58.7 Å². The molecular weight excluding hydrogens is 466 g/mol. The first kappa shape index (κ1) is 30.4. The summed E-state index contributed by atoms with van der Waals surface area (Å²) in [4.78, 5) is 29.5. The number of ether oxygens (including phenoxy) is 2. The minimum absolute atomic E-state index is 0.0694. The van der Waals surface area contributed by atoms with E-state index in [1.54, 1.807) is 0 Å². The number of rotatable bonds is 14. The molecule has 0 aliphatic heterocycles. The molecule has 37 heavy (non-hydrogen) atoms. The lowest BCUT2D eigenvalue weighted by molar-refractivity contribution is -0.135. The van der Waals surface area contributed by atoms with Gasteiger partial charge < -0.3 is 9.47 Å². The zero-order valence-corrected chi connectivity index (χ0v) is 24.0. The highest BCUT2D eigenvalue weighted by Gasteiger charge is 2.32. The van der Waals surface area contributed by atoms with Crippen molar-refractivity contribution in [1.29, 1.82) is 0 Å². The van der Waals surface area contributed by atoms with Gasteiger partial charge in [0, 0.05) is 10.8 Å². The van der Waals surface area contributed by atoms with Gasteiger partial charge in [0.05, 0.1) is 6.61 Å². The van der Waals surface area contributed by atoms with Crippen molar-refractivity contribution in [3.8, 4) is 11.5 Å². The molecule has 0 heterocycles. The number of aryl methyl sites for hydroxylation is 2. The average Bonchev–Trinajstić information content (AvgIpc) is 2.86. The van der Waals surface area contributed by atoms with Gasteiger partial charge in [0.1, 0.15) is 18.1 Å². The minimum Gasteiger partial charge on any atom is -0.486 e. The van der Waals surface area contributed by atoms with Crippen LogP contribution >= 0.6 is 0 Å². The SMILES string of the molecule is CCCCONC(=O)COc1ccc(C(CC)(CC)c2ccc(OCC(=O)C(C)(C)C)c(C)c2)cc1C. The fourth-order valence-electron chi connectivity index (χ4n) is 4.33. The maximum absolute atomic E-state index is 12.3. The molecule has 0 radical (unpaired) electrons. The lowest BCUT2D eigenvalue weighted by Crippen LogP contribution is -2.29. The van der Waals surface area contributed by atoms with Gasteiger partial charge in [-0.1, -0.05) is 72.2 Å². The van der Waals surface area contributed by atoms with Crippen molar-refractivity contribution in [3.63, 3.8) is 0 Å². The van der Waals surface area contributed by atoms with Gasteiger partial charge in [-0.25, -0.2) is 5.48 Å². The molecule has 6 heteroatoms. The third-order valence-electron chi connectivity index (χ3n) is 7.00. The predicted molar refractivity (Wildman–Crippen MR) is 148 cm³/mol. The molecule has 2 aromatic carbocycles. The molecule has 0 spiro atoms. The van der Waals surface area contributed by atoms with E-state index in [-0.39, 0.29) is 30.3 Å². The van der Waals surface area contributed by atoms with Crippen LogP contribution in [0.2, 0.25) is 0 Å². The van der Waals surface area contributed by atoms with Crippen LogP contribution in [0.5, 0.6) is 11.5 Å². The highest BCUT2D eigenvalue weighted by atomic mass is 16.7. The second kappa shape index (κ2) is 13.6. The summed E-state index contributed by atoms with van der Waals surface area (Å²) in [5.74, 6) is 1.18. The molecule has 1 N–H and O–H groups in total. The molecule has 0 aliphatic rings. The van der Waals surface area contributed by atoms with Gasteiger partial charge in [0.25, 0.3) is 5.91 Å². The smallest absolute Gasteiger partial charge is 0.281 e. The molecule has 2 rings (SSSR count). The van der Waals surface area contributed by atoms with Crippen LogP contribution in [0.4, 0.5) is 0 Å². The number of hydroxylamine groups is 1. The normalized spacial score (nSPS) is 11.8. The Kier molecular flexibility index (Phi) is 11.2. The molecule has 1 amide bonds. The monoisotopic (exact) mass is 511 g/mol. The number of amides is 1. The summed E-state index contributed by atoms with van der Waals surface area (Å²) >= 11 is 0. The zero-order valence-electron chi connectivity index (χ0n) is 24.0. The fourth-order valence-corrected chi connectivity index (χ4v) is 4.33. The van der Waals surface area contributed by atoms with Crippen LogP contribution in [0.3, 0.4) is 0 Å². The summed E-state index contributed by atoms with van der Waals surface area (Å²) in [5, 5.41) is 0. The van der Waals surface area contributed by atoms with E-state index in [1.807, 2.05) is 46.8 Å². The number of ketones is 1. The third kappa shape index (κ3) is 8.06. The third-order valence-corrected chi connectivity index (χ3v) is 7.00. The molecule has 0 bridgehead atoms. The Morgan fingerprint density at radius 3 is 1.76 bits per heavy atom. The van der Waals surface area contributed by atoms with Gasteiger partial charge in [-0.2, -0.15) is 0 Å². The molecule has 0 atom stereocenters. The summed E-state index contributed by atoms with van der Waals surface area (Å²) in [6.45, 7) is 16.7. The molecule has 0 saturated heterocycles. The van der Waals surface area contributed by atoms with Crippen molar-refractivity contribution in [2.45, 2.75) is 86.5 Å². The quantitative estimate of drug-likeness (QED) is 0.228. The molecule has 0 aromatic heterocycles. The average molecular weight is 512 g/mol. The number of carbonyl (C=O) groups excluding carboxylic acids is 2. The van der Waals surface area contributed by atoms with Crippen molar-refractivity contribution in [2.75, 3.05) is 19.8 Å². The molecule has 2 aromatic rings. The van der Waals surface area contributed by atoms with E-state index in [0.717, 1.165) is 42.6 Å². The fraction of sp³-hybridized carbons (Fsp3) is 0.548. The molecule has 0 aliphatic carbocycles. The maximum atomic E-state index is 12.3.